The van der Waals surface area contributed by atoms with E-state index >= 15 is 0 Å². The average molecular weight is 320 g/mol. The van der Waals surface area contributed by atoms with Gasteiger partial charge in [0.2, 0.25) is 5.91 Å². The lowest BCUT2D eigenvalue weighted by molar-refractivity contribution is -0.131. The van der Waals surface area contributed by atoms with Crippen LogP contribution in [0.4, 0.5) is 0 Å². The molecule has 0 saturated heterocycles. The van der Waals surface area contributed by atoms with Crippen molar-refractivity contribution in [3.8, 4) is 0 Å². The summed E-state index contributed by atoms with van der Waals surface area (Å²) in [4.78, 5) is 18.4. The number of carbonyl (C=O) groups excluding carboxylic acids is 1. The molecule has 3 aromatic rings. The molecule has 0 spiro atoms. The van der Waals surface area contributed by atoms with Gasteiger partial charge in [-0.3, -0.25) is 9.48 Å². The second-order valence-corrected chi connectivity index (χ2v) is 5.64. The van der Waals surface area contributed by atoms with E-state index in [9.17, 15) is 4.79 Å². The summed E-state index contributed by atoms with van der Waals surface area (Å²) in [5.74, 6) is 0.0724. The molecule has 0 unspecified atom stereocenters. The normalized spacial score (nSPS) is 10.8. The summed E-state index contributed by atoms with van der Waals surface area (Å²) in [5, 5.41) is 4.04. The van der Waals surface area contributed by atoms with Crippen molar-refractivity contribution in [2.75, 3.05) is 7.05 Å². The van der Waals surface area contributed by atoms with E-state index < -0.39 is 0 Å². The first-order valence-corrected chi connectivity index (χ1v) is 7.93. The van der Waals surface area contributed by atoms with Gasteiger partial charge in [-0.2, -0.15) is 5.10 Å². The van der Waals surface area contributed by atoms with Crippen molar-refractivity contribution in [1.29, 1.82) is 0 Å². The molecule has 122 valence electrons. The zero-order valence-corrected chi connectivity index (χ0v) is 13.6. The van der Waals surface area contributed by atoms with Gasteiger partial charge in [-0.25, -0.2) is 4.98 Å². The molecule has 3 rings (SSSR count). The van der Waals surface area contributed by atoms with Crippen LogP contribution >= 0.6 is 0 Å². The van der Waals surface area contributed by atoms with E-state index in [0.29, 0.717) is 13.0 Å². The van der Waals surface area contributed by atoms with E-state index in [1.165, 1.54) is 6.33 Å². The second kappa shape index (κ2) is 7.55. The first-order chi connectivity index (χ1) is 11.8. The van der Waals surface area contributed by atoms with E-state index in [1.807, 2.05) is 48.3 Å². The van der Waals surface area contributed by atoms with Gasteiger partial charge >= 0.3 is 0 Å². The monoisotopic (exact) mass is 320 g/mol. The van der Waals surface area contributed by atoms with Crippen LogP contribution in [0, 0.1) is 0 Å². The minimum Gasteiger partial charge on any atom is -0.335 e. The Morgan fingerprint density at radius 1 is 1.04 bits per heavy atom. The minimum atomic E-state index is -0.101. The Balaban J connectivity index is 1.81. The molecule has 0 fully saturated rings. The van der Waals surface area contributed by atoms with Gasteiger partial charge in [0.15, 0.2) is 0 Å². The third kappa shape index (κ3) is 3.68. The average Bonchev–Trinajstić information content (AvgIpc) is 3.15. The zero-order valence-electron chi connectivity index (χ0n) is 13.6. The highest BCUT2D eigenvalue weighted by molar-refractivity contribution is 5.77. The molecule has 0 atom stereocenters. The van der Waals surface area contributed by atoms with E-state index in [2.05, 4.69) is 34.3 Å². The number of hydrogen-bond acceptors (Lipinski definition) is 3. The van der Waals surface area contributed by atoms with E-state index in [0.717, 1.165) is 11.1 Å². The summed E-state index contributed by atoms with van der Waals surface area (Å²) in [6, 6.07) is 20.1. The number of carbonyl (C=O) groups is 1. The predicted molar refractivity (Wildman–Crippen MR) is 92.1 cm³/mol. The van der Waals surface area contributed by atoms with Gasteiger partial charge < -0.3 is 4.90 Å². The summed E-state index contributed by atoms with van der Waals surface area (Å²) in [7, 11) is 1.86. The Hall–Kier alpha value is -2.95. The Morgan fingerprint density at radius 3 is 2.12 bits per heavy atom. The molecule has 2 aromatic carbocycles. The Bertz CT molecular complexity index is 717. The van der Waals surface area contributed by atoms with Crippen molar-refractivity contribution in [1.82, 2.24) is 19.7 Å². The number of amides is 1. The summed E-state index contributed by atoms with van der Waals surface area (Å²) in [5.41, 5.74) is 2.20. The predicted octanol–water partition coefficient (Wildman–Crippen LogP) is 2.92. The number of aromatic nitrogens is 3. The molecule has 0 bridgehead atoms. The maximum absolute atomic E-state index is 12.7. The fourth-order valence-electron chi connectivity index (χ4n) is 2.79. The fourth-order valence-corrected chi connectivity index (χ4v) is 2.79. The van der Waals surface area contributed by atoms with Crippen molar-refractivity contribution in [2.24, 2.45) is 0 Å². The lowest BCUT2D eigenvalue weighted by Crippen LogP contribution is -2.32. The van der Waals surface area contributed by atoms with Crippen LogP contribution in [0.5, 0.6) is 0 Å². The number of hydrogen-bond donors (Lipinski definition) is 0. The van der Waals surface area contributed by atoms with Gasteiger partial charge in [-0.15, -0.1) is 0 Å². The van der Waals surface area contributed by atoms with Gasteiger partial charge in [-0.1, -0.05) is 60.7 Å². The Morgan fingerprint density at radius 2 is 1.62 bits per heavy atom. The summed E-state index contributed by atoms with van der Waals surface area (Å²) < 4.78 is 1.67. The molecule has 1 heterocycles. The molecule has 5 nitrogen and oxygen atoms in total. The molecule has 0 aliphatic rings. The smallest absolute Gasteiger partial charge is 0.224 e. The summed E-state index contributed by atoms with van der Waals surface area (Å²) >= 11 is 0. The third-order valence-electron chi connectivity index (χ3n) is 4.03. The summed E-state index contributed by atoms with van der Waals surface area (Å²) in [6.07, 6.45) is 3.49. The molecule has 1 amide bonds. The molecule has 0 saturated carbocycles. The van der Waals surface area contributed by atoms with Crippen LogP contribution in [0.15, 0.2) is 73.3 Å². The first-order valence-electron chi connectivity index (χ1n) is 7.93. The maximum Gasteiger partial charge on any atom is 0.224 e. The van der Waals surface area contributed by atoms with Gasteiger partial charge in [0.1, 0.15) is 12.7 Å². The molecule has 1 aromatic heterocycles. The Kier molecular flexibility index (Phi) is 5.01. The number of nitrogens with zero attached hydrogens (tertiary/aromatic N) is 4. The third-order valence-corrected chi connectivity index (χ3v) is 4.03. The van der Waals surface area contributed by atoms with Gasteiger partial charge in [0.25, 0.3) is 0 Å². The highest BCUT2D eigenvalue weighted by Gasteiger charge is 2.23. The minimum absolute atomic E-state index is 0.0724. The number of rotatable bonds is 6. The Labute approximate surface area is 141 Å². The lowest BCUT2D eigenvalue weighted by atomic mass is 9.97. The standard InChI is InChI=1S/C19H20N4O/c1-22(18(24)12-13-23-15-20-14-21-23)19(16-8-4-2-5-9-16)17-10-6-3-7-11-17/h2-11,14-15,19H,12-13H2,1H3. The lowest BCUT2D eigenvalue weighted by Gasteiger charge is -2.29. The zero-order chi connectivity index (χ0) is 16.8. The number of benzene rings is 2. The number of aryl methyl sites for hydroxylation is 1. The largest absolute Gasteiger partial charge is 0.335 e. The van der Waals surface area contributed by atoms with Crippen LogP contribution in [-0.2, 0) is 11.3 Å². The van der Waals surface area contributed by atoms with E-state index in [-0.39, 0.29) is 11.9 Å². The van der Waals surface area contributed by atoms with Crippen molar-refractivity contribution in [3.05, 3.63) is 84.4 Å². The molecule has 0 radical (unpaired) electrons. The van der Waals surface area contributed by atoms with Crippen LogP contribution in [0.3, 0.4) is 0 Å². The molecule has 0 aliphatic carbocycles. The molecule has 24 heavy (non-hydrogen) atoms. The SMILES string of the molecule is CN(C(=O)CCn1cncn1)C(c1ccccc1)c1ccccc1. The van der Waals surface area contributed by atoms with Crippen LogP contribution in [0.1, 0.15) is 23.6 Å². The highest BCUT2D eigenvalue weighted by Crippen LogP contribution is 2.27. The van der Waals surface area contributed by atoms with Crippen LogP contribution in [0.2, 0.25) is 0 Å². The van der Waals surface area contributed by atoms with Crippen molar-refractivity contribution >= 4 is 5.91 Å². The van der Waals surface area contributed by atoms with Crippen molar-refractivity contribution < 1.29 is 4.79 Å². The molecular formula is C19H20N4O. The van der Waals surface area contributed by atoms with Crippen molar-refractivity contribution in [2.45, 2.75) is 19.0 Å². The van der Waals surface area contributed by atoms with Gasteiger partial charge in [-0.05, 0) is 11.1 Å². The fraction of sp³-hybridized carbons (Fsp3) is 0.211. The maximum atomic E-state index is 12.7. The van der Waals surface area contributed by atoms with E-state index in [4.69, 9.17) is 0 Å². The van der Waals surface area contributed by atoms with Gasteiger partial charge in [0.05, 0.1) is 12.6 Å². The first kappa shape index (κ1) is 15.9. The summed E-state index contributed by atoms with van der Waals surface area (Å²) in [6.45, 7) is 0.527. The quantitative estimate of drug-likeness (QED) is 0.702. The highest BCUT2D eigenvalue weighted by atomic mass is 16.2. The van der Waals surface area contributed by atoms with Crippen molar-refractivity contribution in [3.63, 3.8) is 0 Å². The molecule has 0 aliphatic heterocycles. The van der Waals surface area contributed by atoms with Crippen LogP contribution in [0.25, 0.3) is 0 Å². The van der Waals surface area contributed by atoms with Crippen LogP contribution in [-0.4, -0.2) is 32.6 Å². The molecular weight excluding hydrogens is 300 g/mol. The van der Waals surface area contributed by atoms with Crippen LogP contribution < -0.4 is 0 Å². The van der Waals surface area contributed by atoms with Gasteiger partial charge in [0, 0.05) is 13.5 Å². The molecule has 5 heteroatoms. The second-order valence-electron chi connectivity index (χ2n) is 5.64. The topological polar surface area (TPSA) is 51.0 Å². The molecule has 0 N–H and O–H groups in total. The van der Waals surface area contributed by atoms with E-state index in [1.54, 1.807) is 11.0 Å².